The Morgan fingerprint density at radius 3 is 2.44 bits per heavy atom. The van der Waals surface area contributed by atoms with Gasteiger partial charge in [-0.3, -0.25) is 0 Å². The Morgan fingerprint density at radius 1 is 1.38 bits per heavy atom. The molecule has 92 valence electrons. The van der Waals surface area contributed by atoms with Gasteiger partial charge in [0.2, 0.25) is 5.89 Å². The summed E-state index contributed by atoms with van der Waals surface area (Å²) in [7, 11) is 0. The summed E-state index contributed by atoms with van der Waals surface area (Å²) in [6.07, 6.45) is 1.75. The second-order valence-electron chi connectivity index (χ2n) is 5.66. The first-order valence-corrected chi connectivity index (χ1v) is 5.91. The first kappa shape index (κ1) is 13.2. The molecule has 1 rings (SSSR count). The number of nitrogens with two attached hydrogens (primary N) is 1. The summed E-state index contributed by atoms with van der Waals surface area (Å²) < 4.78 is 5.28. The summed E-state index contributed by atoms with van der Waals surface area (Å²) in [4.78, 5) is 4.43. The molecule has 0 aliphatic heterocycles. The highest BCUT2D eigenvalue weighted by atomic mass is 16.5. The molecule has 4 heteroatoms. The van der Waals surface area contributed by atoms with E-state index in [1.54, 1.807) is 0 Å². The van der Waals surface area contributed by atoms with E-state index in [2.05, 4.69) is 37.8 Å². The summed E-state index contributed by atoms with van der Waals surface area (Å²) in [5.41, 5.74) is 6.07. The minimum absolute atomic E-state index is 0.0490. The van der Waals surface area contributed by atoms with Crippen molar-refractivity contribution in [1.82, 2.24) is 10.1 Å². The number of aromatic nitrogens is 2. The first-order valence-electron chi connectivity index (χ1n) is 5.91. The minimum Gasteiger partial charge on any atom is -0.339 e. The van der Waals surface area contributed by atoms with E-state index in [9.17, 15) is 0 Å². The third-order valence-corrected chi connectivity index (χ3v) is 2.56. The van der Waals surface area contributed by atoms with Crippen molar-refractivity contribution < 1.29 is 4.52 Å². The van der Waals surface area contributed by atoms with Crippen LogP contribution in [-0.2, 0) is 6.42 Å². The third-order valence-electron chi connectivity index (χ3n) is 2.56. The molecule has 0 bridgehead atoms. The Kier molecular flexibility index (Phi) is 4.08. The summed E-state index contributed by atoms with van der Waals surface area (Å²) in [6, 6.07) is 0.0490. The molecule has 0 saturated heterocycles. The fraction of sp³-hybridized carbons (Fsp3) is 0.833. The van der Waals surface area contributed by atoms with Crippen molar-refractivity contribution in [2.45, 2.75) is 59.4 Å². The summed E-state index contributed by atoms with van der Waals surface area (Å²) in [5.74, 6) is 1.62. The van der Waals surface area contributed by atoms with Crippen molar-refractivity contribution in [3.05, 3.63) is 11.7 Å². The Bertz CT molecular complexity index is 325. The average molecular weight is 225 g/mol. The zero-order valence-corrected chi connectivity index (χ0v) is 10.9. The lowest BCUT2D eigenvalue weighted by molar-refractivity contribution is 0.324. The van der Waals surface area contributed by atoms with Gasteiger partial charge in [-0.25, -0.2) is 0 Å². The second-order valence-corrected chi connectivity index (χ2v) is 5.66. The van der Waals surface area contributed by atoms with Gasteiger partial charge in [0.15, 0.2) is 5.82 Å². The maximum Gasteiger partial charge on any atom is 0.231 e. The van der Waals surface area contributed by atoms with Crippen LogP contribution in [0, 0.1) is 5.41 Å². The molecular formula is C12H23N3O. The van der Waals surface area contributed by atoms with Crippen LogP contribution in [0.5, 0.6) is 0 Å². The Hall–Kier alpha value is -0.900. The third kappa shape index (κ3) is 3.59. The summed E-state index contributed by atoms with van der Waals surface area (Å²) in [5, 5.41) is 4.01. The molecule has 0 saturated carbocycles. The smallest absolute Gasteiger partial charge is 0.231 e. The van der Waals surface area contributed by atoms with Crippen LogP contribution in [0.4, 0.5) is 0 Å². The molecule has 2 N–H and O–H groups in total. The van der Waals surface area contributed by atoms with Gasteiger partial charge in [-0.15, -0.1) is 0 Å². The Labute approximate surface area is 97.6 Å². The van der Waals surface area contributed by atoms with E-state index in [4.69, 9.17) is 10.3 Å². The number of nitrogens with zero attached hydrogens (tertiary/aromatic N) is 2. The lowest BCUT2D eigenvalue weighted by Crippen LogP contribution is -2.24. The molecule has 1 heterocycles. The Morgan fingerprint density at radius 2 is 2.00 bits per heavy atom. The molecule has 4 nitrogen and oxygen atoms in total. The predicted octanol–water partition coefficient (Wildman–Crippen LogP) is 2.50. The Balaban J connectivity index is 2.78. The normalized spacial score (nSPS) is 16.1. The van der Waals surface area contributed by atoms with E-state index in [1.807, 2.05) is 6.92 Å². The van der Waals surface area contributed by atoms with Crippen LogP contribution < -0.4 is 5.73 Å². The largest absolute Gasteiger partial charge is 0.339 e. The maximum atomic E-state index is 5.89. The van der Waals surface area contributed by atoms with E-state index >= 15 is 0 Å². The zero-order chi connectivity index (χ0) is 12.3. The number of rotatable bonds is 4. The van der Waals surface area contributed by atoms with Crippen LogP contribution in [-0.4, -0.2) is 16.2 Å². The predicted molar refractivity (Wildman–Crippen MR) is 64.1 cm³/mol. The van der Waals surface area contributed by atoms with Gasteiger partial charge in [0.05, 0.1) is 5.92 Å². The van der Waals surface area contributed by atoms with Gasteiger partial charge >= 0.3 is 0 Å². The highest BCUT2D eigenvalue weighted by molar-refractivity contribution is 4.98. The second kappa shape index (κ2) is 4.95. The number of hydrogen-bond donors (Lipinski definition) is 1. The van der Waals surface area contributed by atoms with E-state index < -0.39 is 0 Å². The van der Waals surface area contributed by atoms with Crippen molar-refractivity contribution in [3.8, 4) is 0 Å². The van der Waals surface area contributed by atoms with E-state index in [1.165, 1.54) is 0 Å². The highest BCUT2D eigenvalue weighted by Gasteiger charge is 2.22. The van der Waals surface area contributed by atoms with Crippen molar-refractivity contribution in [2.75, 3.05) is 0 Å². The molecule has 0 aliphatic carbocycles. The zero-order valence-electron chi connectivity index (χ0n) is 10.9. The fourth-order valence-corrected chi connectivity index (χ4v) is 1.74. The van der Waals surface area contributed by atoms with Crippen LogP contribution >= 0.6 is 0 Å². The number of hydrogen-bond acceptors (Lipinski definition) is 4. The average Bonchev–Trinajstić information content (AvgIpc) is 2.50. The van der Waals surface area contributed by atoms with Crippen LogP contribution in [0.3, 0.4) is 0 Å². The molecule has 0 amide bonds. The van der Waals surface area contributed by atoms with Gasteiger partial charge in [-0.1, -0.05) is 32.9 Å². The van der Waals surface area contributed by atoms with E-state index in [0.29, 0.717) is 5.89 Å². The van der Waals surface area contributed by atoms with Gasteiger partial charge in [0.25, 0.3) is 0 Å². The maximum absolute atomic E-state index is 5.89. The molecule has 0 radical (unpaired) electrons. The lowest BCUT2D eigenvalue weighted by atomic mass is 9.92. The molecule has 0 aliphatic rings. The van der Waals surface area contributed by atoms with Crippen LogP contribution in [0.25, 0.3) is 0 Å². The molecule has 0 spiro atoms. The minimum atomic E-state index is 0.0490. The van der Waals surface area contributed by atoms with Gasteiger partial charge in [-0.05, 0) is 18.8 Å². The quantitative estimate of drug-likeness (QED) is 0.855. The van der Waals surface area contributed by atoms with Crippen LogP contribution in [0.2, 0.25) is 0 Å². The van der Waals surface area contributed by atoms with Gasteiger partial charge in [-0.2, -0.15) is 4.98 Å². The van der Waals surface area contributed by atoms with Gasteiger partial charge < -0.3 is 10.3 Å². The standard InChI is InChI=1S/C12H23N3O/c1-6-9(8(2)13)11-14-10(15-16-11)7-12(3,4)5/h8-9H,6-7,13H2,1-5H3. The summed E-state index contributed by atoms with van der Waals surface area (Å²) >= 11 is 0. The fourth-order valence-electron chi connectivity index (χ4n) is 1.74. The van der Waals surface area contributed by atoms with Gasteiger partial charge in [0.1, 0.15) is 0 Å². The monoisotopic (exact) mass is 225 g/mol. The molecule has 1 aromatic heterocycles. The van der Waals surface area contributed by atoms with Crippen LogP contribution in [0.15, 0.2) is 4.52 Å². The molecule has 0 aromatic carbocycles. The van der Waals surface area contributed by atoms with Crippen LogP contribution in [0.1, 0.15) is 58.7 Å². The highest BCUT2D eigenvalue weighted by Crippen LogP contribution is 2.23. The molecular weight excluding hydrogens is 202 g/mol. The molecule has 2 unspecified atom stereocenters. The summed E-state index contributed by atoms with van der Waals surface area (Å²) in [6.45, 7) is 10.5. The van der Waals surface area contributed by atoms with Crippen molar-refractivity contribution >= 4 is 0 Å². The lowest BCUT2D eigenvalue weighted by Gasteiger charge is -2.15. The van der Waals surface area contributed by atoms with Crippen molar-refractivity contribution in [3.63, 3.8) is 0 Å². The molecule has 2 atom stereocenters. The van der Waals surface area contributed by atoms with E-state index in [0.717, 1.165) is 18.7 Å². The SMILES string of the molecule is CCC(c1nc(CC(C)(C)C)no1)C(C)N. The van der Waals surface area contributed by atoms with E-state index in [-0.39, 0.29) is 17.4 Å². The molecule has 16 heavy (non-hydrogen) atoms. The van der Waals surface area contributed by atoms with Gasteiger partial charge in [0, 0.05) is 12.5 Å². The topological polar surface area (TPSA) is 64.9 Å². The first-order chi connectivity index (χ1) is 7.33. The molecule has 0 fully saturated rings. The van der Waals surface area contributed by atoms with Crippen molar-refractivity contribution in [1.29, 1.82) is 0 Å². The molecule has 1 aromatic rings. The van der Waals surface area contributed by atoms with Crippen molar-refractivity contribution in [2.24, 2.45) is 11.1 Å².